The maximum absolute atomic E-state index is 13.2. The summed E-state index contributed by atoms with van der Waals surface area (Å²) in [7, 11) is 0. The molecule has 128 valence electrons. The molecule has 0 aliphatic carbocycles. The van der Waals surface area contributed by atoms with Crippen LogP contribution in [0.4, 0.5) is 4.39 Å². The van der Waals surface area contributed by atoms with E-state index < -0.39 is 11.7 Å². The average Bonchev–Trinajstić information content (AvgIpc) is 2.99. The SMILES string of the molecule is CC(C)CNC(=O)C(=O)c1c(-c2ccc(F)cc2)cc2ccccn12. The topological polar surface area (TPSA) is 50.6 Å². The number of pyridine rings is 1. The van der Waals surface area contributed by atoms with Gasteiger partial charge in [0.2, 0.25) is 0 Å². The number of nitrogens with one attached hydrogen (secondary N) is 1. The Balaban J connectivity index is 2.09. The summed E-state index contributed by atoms with van der Waals surface area (Å²) in [6.07, 6.45) is 1.74. The Morgan fingerprint density at radius 2 is 1.84 bits per heavy atom. The summed E-state index contributed by atoms with van der Waals surface area (Å²) in [6, 6.07) is 13.2. The summed E-state index contributed by atoms with van der Waals surface area (Å²) in [5, 5.41) is 2.66. The number of Topliss-reactive ketones (excluding diaryl/α,β-unsaturated/α-hetero) is 1. The predicted molar refractivity (Wildman–Crippen MR) is 95.0 cm³/mol. The maximum Gasteiger partial charge on any atom is 0.294 e. The molecule has 0 saturated carbocycles. The normalized spacial score (nSPS) is 11.0. The van der Waals surface area contributed by atoms with Crippen molar-refractivity contribution in [3.63, 3.8) is 0 Å². The minimum atomic E-state index is -0.638. The van der Waals surface area contributed by atoms with Crippen molar-refractivity contribution in [3.8, 4) is 11.1 Å². The lowest BCUT2D eigenvalue weighted by Gasteiger charge is -2.09. The van der Waals surface area contributed by atoms with Gasteiger partial charge in [-0.05, 0) is 41.8 Å². The Morgan fingerprint density at radius 3 is 2.52 bits per heavy atom. The standard InChI is InChI=1S/C20H19FN2O2/c1-13(2)12-22-20(25)19(24)18-17(14-6-8-15(21)9-7-14)11-16-5-3-4-10-23(16)18/h3-11,13H,12H2,1-2H3,(H,22,25). The fourth-order valence-electron chi connectivity index (χ4n) is 2.69. The second kappa shape index (κ2) is 6.89. The van der Waals surface area contributed by atoms with E-state index in [-0.39, 0.29) is 17.4 Å². The molecule has 0 radical (unpaired) electrons. The van der Waals surface area contributed by atoms with Gasteiger partial charge < -0.3 is 9.72 Å². The van der Waals surface area contributed by atoms with Crippen molar-refractivity contribution in [1.82, 2.24) is 9.72 Å². The number of hydrogen-bond donors (Lipinski definition) is 1. The van der Waals surface area contributed by atoms with E-state index in [1.165, 1.54) is 12.1 Å². The van der Waals surface area contributed by atoms with E-state index in [1.807, 2.05) is 32.0 Å². The van der Waals surface area contributed by atoms with Gasteiger partial charge in [-0.15, -0.1) is 0 Å². The molecule has 5 heteroatoms. The van der Waals surface area contributed by atoms with E-state index >= 15 is 0 Å². The van der Waals surface area contributed by atoms with Crippen LogP contribution >= 0.6 is 0 Å². The highest BCUT2D eigenvalue weighted by atomic mass is 19.1. The molecule has 0 bridgehead atoms. The first kappa shape index (κ1) is 16.9. The molecule has 4 nitrogen and oxygen atoms in total. The molecule has 25 heavy (non-hydrogen) atoms. The lowest BCUT2D eigenvalue weighted by molar-refractivity contribution is -0.117. The Morgan fingerprint density at radius 1 is 1.12 bits per heavy atom. The zero-order chi connectivity index (χ0) is 18.0. The molecule has 0 aliphatic heterocycles. The average molecular weight is 338 g/mol. The number of rotatable bonds is 5. The highest BCUT2D eigenvalue weighted by Crippen LogP contribution is 2.28. The lowest BCUT2D eigenvalue weighted by atomic mass is 10.0. The number of fused-ring (bicyclic) bond motifs is 1. The van der Waals surface area contributed by atoms with Crippen LogP contribution in [0.3, 0.4) is 0 Å². The minimum Gasteiger partial charge on any atom is -0.349 e. The van der Waals surface area contributed by atoms with Crippen LogP contribution < -0.4 is 5.32 Å². The minimum absolute atomic E-state index is 0.248. The summed E-state index contributed by atoms with van der Waals surface area (Å²) >= 11 is 0. The lowest BCUT2D eigenvalue weighted by Crippen LogP contribution is -2.34. The van der Waals surface area contributed by atoms with Crippen LogP contribution in [0, 0.1) is 11.7 Å². The van der Waals surface area contributed by atoms with Gasteiger partial charge in [-0.3, -0.25) is 9.59 Å². The van der Waals surface area contributed by atoms with Gasteiger partial charge in [0.25, 0.3) is 11.7 Å². The number of hydrogen-bond acceptors (Lipinski definition) is 2. The predicted octanol–water partition coefficient (Wildman–Crippen LogP) is 3.70. The highest BCUT2D eigenvalue weighted by Gasteiger charge is 2.24. The fraction of sp³-hybridized carbons (Fsp3) is 0.200. The summed E-state index contributed by atoms with van der Waals surface area (Å²) in [5.41, 5.74) is 2.37. The molecule has 1 amide bonds. The third-order valence-electron chi connectivity index (χ3n) is 3.93. The third-order valence-corrected chi connectivity index (χ3v) is 3.93. The van der Waals surface area contributed by atoms with Crippen LogP contribution in [-0.4, -0.2) is 22.6 Å². The van der Waals surface area contributed by atoms with Gasteiger partial charge in [-0.25, -0.2) is 4.39 Å². The quantitative estimate of drug-likeness (QED) is 0.570. The summed E-state index contributed by atoms with van der Waals surface area (Å²) in [4.78, 5) is 25.1. The van der Waals surface area contributed by atoms with Crippen LogP contribution in [-0.2, 0) is 4.79 Å². The summed E-state index contributed by atoms with van der Waals surface area (Å²) in [6.45, 7) is 4.35. The van der Waals surface area contributed by atoms with Crippen molar-refractivity contribution in [1.29, 1.82) is 0 Å². The van der Waals surface area contributed by atoms with Crippen molar-refractivity contribution in [2.75, 3.05) is 6.54 Å². The molecule has 3 rings (SSSR count). The molecule has 0 fully saturated rings. The number of benzene rings is 1. The molecule has 1 N–H and O–H groups in total. The molecule has 0 atom stereocenters. The number of aromatic nitrogens is 1. The van der Waals surface area contributed by atoms with Gasteiger partial charge in [0.05, 0.1) is 0 Å². The van der Waals surface area contributed by atoms with Gasteiger partial charge in [0.1, 0.15) is 11.5 Å². The van der Waals surface area contributed by atoms with E-state index in [2.05, 4.69) is 5.32 Å². The van der Waals surface area contributed by atoms with E-state index in [0.717, 1.165) is 5.52 Å². The first-order valence-electron chi connectivity index (χ1n) is 8.16. The van der Waals surface area contributed by atoms with E-state index in [4.69, 9.17) is 0 Å². The second-order valence-corrected chi connectivity index (χ2v) is 6.34. The van der Waals surface area contributed by atoms with E-state index in [1.54, 1.807) is 28.8 Å². The van der Waals surface area contributed by atoms with Crippen LogP contribution in [0.15, 0.2) is 54.7 Å². The summed E-state index contributed by atoms with van der Waals surface area (Å²) in [5.74, 6) is -1.35. The second-order valence-electron chi connectivity index (χ2n) is 6.34. The number of amides is 1. The molecule has 0 unspecified atom stereocenters. The Labute approximate surface area is 145 Å². The van der Waals surface area contributed by atoms with Gasteiger partial charge >= 0.3 is 0 Å². The highest BCUT2D eigenvalue weighted by molar-refractivity contribution is 6.43. The molecule has 3 aromatic rings. The van der Waals surface area contributed by atoms with Gasteiger partial charge in [-0.1, -0.05) is 32.0 Å². The maximum atomic E-state index is 13.2. The van der Waals surface area contributed by atoms with E-state index in [9.17, 15) is 14.0 Å². The Kier molecular flexibility index (Phi) is 4.65. The smallest absolute Gasteiger partial charge is 0.294 e. The van der Waals surface area contributed by atoms with Gasteiger partial charge in [0.15, 0.2) is 0 Å². The van der Waals surface area contributed by atoms with Gasteiger partial charge in [-0.2, -0.15) is 0 Å². The fourth-order valence-corrected chi connectivity index (χ4v) is 2.69. The molecule has 2 aromatic heterocycles. The molecule has 0 saturated heterocycles. The van der Waals surface area contributed by atoms with Crippen LogP contribution in [0.1, 0.15) is 24.3 Å². The Bertz CT molecular complexity index is 927. The molecule has 0 aliphatic rings. The number of nitrogens with zero attached hydrogens (tertiary/aromatic N) is 1. The monoisotopic (exact) mass is 338 g/mol. The van der Waals surface area contributed by atoms with Gasteiger partial charge in [0, 0.05) is 23.8 Å². The number of ketones is 1. The first-order chi connectivity index (χ1) is 12.0. The third kappa shape index (κ3) is 3.45. The summed E-state index contributed by atoms with van der Waals surface area (Å²) < 4.78 is 14.9. The molecule has 1 aromatic carbocycles. The van der Waals surface area contributed by atoms with Crippen molar-refractivity contribution in [3.05, 3.63) is 66.2 Å². The largest absolute Gasteiger partial charge is 0.349 e. The first-order valence-corrected chi connectivity index (χ1v) is 8.16. The van der Waals surface area contributed by atoms with Crippen molar-refractivity contribution < 1.29 is 14.0 Å². The molecule has 0 spiro atoms. The van der Waals surface area contributed by atoms with Crippen LogP contribution in [0.25, 0.3) is 16.6 Å². The van der Waals surface area contributed by atoms with E-state index in [0.29, 0.717) is 17.7 Å². The molecular formula is C20H19FN2O2. The Hall–Kier alpha value is -2.95. The molecule has 2 heterocycles. The number of carbonyl (C=O) groups is 2. The molecular weight excluding hydrogens is 319 g/mol. The zero-order valence-corrected chi connectivity index (χ0v) is 14.1. The van der Waals surface area contributed by atoms with Crippen LogP contribution in [0.2, 0.25) is 0 Å². The van der Waals surface area contributed by atoms with Crippen molar-refractivity contribution in [2.45, 2.75) is 13.8 Å². The zero-order valence-electron chi connectivity index (χ0n) is 14.1. The van der Waals surface area contributed by atoms with Crippen molar-refractivity contribution >= 4 is 17.2 Å². The number of carbonyl (C=O) groups excluding carboxylic acids is 2. The number of halogens is 1. The van der Waals surface area contributed by atoms with Crippen molar-refractivity contribution in [2.24, 2.45) is 5.92 Å². The van der Waals surface area contributed by atoms with Crippen LogP contribution in [0.5, 0.6) is 0 Å².